The Morgan fingerprint density at radius 3 is 2.24 bits per heavy atom. The van der Waals surface area contributed by atoms with Crippen molar-refractivity contribution in [2.75, 3.05) is 6.54 Å². The molecular weight excluding hydrogens is 621 g/mol. The van der Waals surface area contributed by atoms with Crippen molar-refractivity contribution in [2.24, 2.45) is 5.28 Å². The van der Waals surface area contributed by atoms with Crippen LogP contribution < -0.4 is 4.72 Å². The van der Waals surface area contributed by atoms with E-state index in [1.165, 1.54) is 19.1 Å². The number of amides is 1. The van der Waals surface area contributed by atoms with E-state index in [4.69, 9.17) is 9.57 Å². The normalized spacial score (nSPS) is 13.2. The van der Waals surface area contributed by atoms with Gasteiger partial charge in [0.2, 0.25) is 5.28 Å². The zero-order chi connectivity index (χ0) is 33.7. The molecule has 1 heterocycles. The zero-order valence-electron chi connectivity index (χ0n) is 25.3. The molecule has 1 unspecified atom stereocenters. The number of nitrogens with one attached hydrogen (secondary N) is 1. The summed E-state index contributed by atoms with van der Waals surface area (Å²) >= 11 is 0. The number of aryl methyl sites for hydroxylation is 1. The summed E-state index contributed by atoms with van der Waals surface area (Å²) in [5.74, 6) is -1.69. The van der Waals surface area contributed by atoms with E-state index in [-0.39, 0.29) is 27.7 Å². The van der Waals surface area contributed by atoms with E-state index in [0.29, 0.717) is 5.56 Å². The Bertz CT molecular complexity index is 1650. The molecule has 2 aromatic carbocycles. The largest absolute Gasteiger partial charge is 0.569 e. The summed E-state index contributed by atoms with van der Waals surface area (Å²) in [6.07, 6.45) is -5.86. The molecule has 1 N–H and O–H groups in total. The number of benzene rings is 2. The number of carbonyl (C=O) groups is 2. The smallest absolute Gasteiger partial charge is 0.435 e. The number of sulfonamides is 1. The second kappa shape index (κ2) is 13.5. The van der Waals surface area contributed by atoms with Crippen molar-refractivity contribution in [1.82, 2.24) is 19.5 Å². The van der Waals surface area contributed by atoms with Crippen LogP contribution in [0.15, 0.2) is 64.8 Å². The molecule has 17 heteroatoms. The lowest BCUT2D eigenvalue weighted by molar-refractivity contribution is -0.724. The molecule has 1 amide bonds. The van der Waals surface area contributed by atoms with Crippen molar-refractivity contribution in [3.63, 3.8) is 0 Å². The molecule has 0 aliphatic rings. The monoisotopic (exact) mass is 654 g/mol. The van der Waals surface area contributed by atoms with Gasteiger partial charge in [-0.2, -0.15) is 18.3 Å². The van der Waals surface area contributed by atoms with Crippen LogP contribution in [0.5, 0.6) is 0 Å². The number of carbonyl (C=O) groups excluding carboxylic acids is 2. The van der Waals surface area contributed by atoms with E-state index in [0.717, 1.165) is 33.5 Å². The van der Waals surface area contributed by atoms with Gasteiger partial charge >= 0.3 is 12.1 Å². The highest BCUT2D eigenvalue weighted by molar-refractivity contribution is 7.90. The highest BCUT2D eigenvalue weighted by Crippen LogP contribution is 2.33. The second-order valence-corrected chi connectivity index (χ2v) is 12.5. The molecule has 0 saturated carbocycles. The molecule has 45 heavy (non-hydrogen) atoms. The summed E-state index contributed by atoms with van der Waals surface area (Å²) in [5.41, 5.74) is -0.563. The first-order chi connectivity index (χ1) is 20.8. The second-order valence-electron chi connectivity index (χ2n) is 10.8. The van der Waals surface area contributed by atoms with Crippen LogP contribution in [0.25, 0.3) is 16.9 Å². The Morgan fingerprint density at radius 2 is 1.71 bits per heavy atom. The molecule has 0 radical (unpaired) electrons. The van der Waals surface area contributed by atoms with Gasteiger partial charge in [-0.3, -0.25) is 14.4 Å². The van der Waals surface area contributed by atoms with Crippen LogP contribution in [0.4, 0.5) is 13.2 Å². The summed E-state index contributed by atoms with van der Waals surface area (Å²) in [7, 11) is -4.48. The van der Waals surface area contributed by atoms with Gasteiger partial charge in [0.25, 0.3) is 22.2 Å². The minimum Gasteiger partial charge on any atom is -0.569 e. The molecule has 3 rings (SSSR count). The van der Waals surface area contributed by atoms with E-state index in [9.17, 15) is 36.4 Å². The Balaban J connectivity index is 1.81. The van der Waals surface area contributed by atoms with Gasteiger partial charge in [-0.1, -0.05) is 36.8 Å². The van der Waals surface area contributed by atoms with Crippen molar-refractivity contribution >= 4 is 21.9 Å². The van der Waals surface area contributed by atoms with Gasteiger partial charge in [0.1, 0.15) is 0 Å². The summed E-state index contributed by atoms with van der Waals surface area (Å²) in [6.45, 7) is 8.60. The number of halogens is 3. The molecule has 244 valence electrons. The number of aromatic nitrogens is 2. The minimum absolute atomic E-state index is 0.0664. The molecule has 0 aliphatic carbocycles. The average Bonchev–Trinajstić information content (AvgIpc) is 3.40. The summed E-state index contributed by atoms with van der Waals surface area (Å²) in [4.78, 5) is 28.5. The minimum atomic E-state index is -4.72. The van der Waals surface area contributed by atoms with Gasteiger partial charge in [-0.15, -0.1) is 5.01 Å². The van der Waals surface area contributed by atoms with Crippen LogP contribution in [-0.2, 0) is 35.4 Å². The van der Waals surface area contributed by atoms with Crippen LogP contribution >= 0.6 is 0 Å². The van der Waals surface area contributed by atoms with Gasteiger partial charge in [0.05, 0.1) is 26.8 Å². The first-order valence-corrected chi connectivity index (χ1v) is 15.0. The number of hydrogen-bond acceptors (Lipinski definition) is 9. The molecular formula is C28H33F3N6O7S. The standard InChI is InChI=1S/C28H33F3N6O7S/c1-7-26(39)43-19(3)44-34-37(40)35(27(4,5)6)17-25(38)33-45(41,42)22-14-12-21(13-15-22)36-23(16-24(32-36)28(29,30)31)20-10-8-18(2)9-11-20/h8-16,19H,7,17H2,1-6H3,(H,33,38)/b37-34-. The summed E-state index contributed by atoms with van der Waals surface area (Å²) in [6, 6.07) is 12.3. The third-order valence-electron chi connectivity index (χ3n) is 6.11. The Morgan fingerprint density at radius 1 is 1.11 bits per heavy atom. The molecule has 0 saturated heterocycles. The van der Waals surface area contributed by atoms with Crippen molar-refractivity contribution < 1.29 is 45.7 Å². The molecule has 0 bridgehead atoms. The van der Waals surface area contributed by atoms with E-state index >= 15 is 0 Å². The predicted molar refractivity (Wildman–Crippen MR) is 154 cm³/mol. The Kier molecular flexibility index (Phi) is 10.5. The van der Waals surface area contributed by atoms with E-state index < -0.39 is 52.1 Å². The molecule has 1 atom stereocenters. The number of ether oxygens (including phenoxy) is 1. The lowest BCUT2D eigenvalue weighted by Gasteiger charge is -2.29. The fourth-order valence-corrected chi connectivity index (χ4v) is 4.76. The number of nitrogens with zero attached hydrogens (tertiary/aromatic N) is 5. The maximum Gasteiger partial charge on any atom is 0.435 e. The van der Waals surface area contributed by atoms with Crippen molar-refractivity contribution in [3.8, 4) is 16.9 Å². The number of alkyl halides is 3. The maximum absolute atomic E-state index is 13.5. The highest BCUT2D eigenvalue weighted by Gasteiger charge is 2.36. The zero-order valence-corrected chi connectivity index (χ0v) is 26.1. The lowest BCUT2D eigenvalue weighted by Crippen LogP contribution is -2.51. The van der Waals surface area contributed by atoms with Crippen LogP contribution in [0.1, 0.15) is 52.3 Å². The lowest BCUT2D eigenvalue weighted by atomic mass is 10.1. The van der Waals surface area contributed by atoms with Gasteiger partial charge in [-0.25, -0.2) is 17.8 Å². The van der Waals surface area contributed by atoms with Crippen LogP contribution in [0.2, 0.25) is 0 Å². The fraction of sp³-hybridized carbons (Fsp3) is 0.393. The average molecular weight is 655 g/mol. The first-order valence-electron chi connectivity index (χ1n) is 13.5. The number of esters is 1. The molecule has 0 spiro atoms. The Labute approximate surface area is 257 Å². The SMILES string of the molecule is CCC(=O)OC(C)O/N=[N+](\[O-])N(CC(=O)NS(=O)(=O)c1ccc(-n2nc(C(F)(F)F)cc2-c2ccc(C)cc2)cc1)C(C)(C)C. The number of hydrazine groups is 1. The predicted octanol–water partition coefficient (Wildman–Crippen LogP) is 4.88. The topological polar surface area (TPSA) is 158 Å². The van der Waals surface area contributed by atoms with Gasteiger partial charge in [0, 0.05) is 18.9 Å². The van der Waals surface area contributed by atoms with Gasteiger partial charge < -0.3 is 9.94 Å². The van der Waals surface area contributed by atoms with Crippen molar-refractivity contribution in [2.45, 2.75) is 70.9 Å². The van der Waals surface area contributed by atoms with Crippen molar-refractivity contribution in [3.05, 3.63) is 71.1 Å². The van der Waals surface area contributed by atoms with Crippen LogP contribution in [-0.4, -0.2) is 58.4 Å². The van der Waals surface area contributed by atoms with E-state index in [1.54, 1.807) is 52.0 Å². The third kappa shape index (κ3) is 9.17. The molecule has 3 aromatic rings. The maximum atomic E-state index is 13.5. The highest BCUT2D eigenvalue weighted by atomic mass is 32.2. The fourth-order valence-electron chi connectivity index (χ4n) is 3.79. The molecule has 0 fully saturated rings. The number of hydrogen-bond donors (Lipinski definition) is 1. The number of rotatable bonds is 11. The van der Waals surface area contributed by atoms with Crippen molar-refractivity contribution in [1.29, 1.82) is 0 Å². The van der Waals surface area contributed by atoms with Gasteiger partial charge in [-0.05, 0) is 58.0 Å². The van der Waals surface area contributed by atoms with E-state index in [1.807, 2.05) is 11.6 Å². The van der Waals surface area contributed by atoms with Crippen LogP contribution in [0.3, 0.4) is 0 Å². The molecule has 13 nitrogen and oxygen atoms in total. The van der Waals surface area contributed by atoms with Crippen LogP contribution in [0, 0.1) is 12.1 Å². The molecule has 1 aromatic heterocycles. The molecule has 0 aliphatic heterocycles. The summed E-state index contributed by atoms with van der Waals surface area (Å²) in [5, 5.41) is 20.5. The Hall–Kier alpha value is -4.67. The summed E-state index contributed by atoms with van der Waals surface area (Å²) < 4.78 is 74.3. The van der Waals surface area contributed by atoms with E-state index in [2.05, 4.69) is 10.4 Å². The van der Waals surface area contributed by atoms with Gasteiger partial charge in [0.15, 0.2) is 12.2 Å². The first kappa shape index (κ1) is 34.8. The third-order valence-corrected chi connectivity index (χ3v) is 7.50. The quantitative estimate of drug-likeness (QED) is 0.100.